The number of hydrogen-bond acceptors (Lipinski definition) is 6. The molecule has 0 aromatic heterocycles. The first-order valence-corrected chi connectivity index (χ1v) is 14.0. The predicted molar refractivity (Wildman–Crippen MR) is 156 cm³/mol. The van der Waals surface area contributed by atoms with Crippen LogP contribution in [0.3, 0.4) is 0 Å². The van der Waals surface area contributed by atoms with Gasteiger partial charge >= 0.3 is 0 Å². The summed E-state index contributed by atoms with van der Waals surface area (Å²) in [6, 6.07) is 25.1. The van der Waals surface area contributed by atoms with E-state index < -0.39 is 0 Å². The Morgan fingerprint density at radius 3 is 2.59 bits per heavy atom. The summed E-state index contributed by atoms with van der Waals surface area (Å²) in [7, 11) is 1.59. The highest BCUT2D eigenvalue weighted by molar-refractivity contribution is 8.18. The average Bonchev–Trinajstić information content (AvgIpc) is 3.26. The van der Waals surface area contributed by atoms with E-state index in [0.717, 1.165) is 41.2 Å². The van der Waals surface area contributed by atoms with Gasteiger partial charge < -0.3 is 9.47 Å². The van der Waals surface area contributed by atoms with Crippen LogP contribution in [0.25, 0.3) is 6.08 Å². The quantitative estimate of drug-likeness (QED) is 0.295. The number of rotatable bonds is 7. The van der Waals surface area contributed by atoms with E-state index in [0.29, 0.717) is 27.9 Å². The highest BCUT2D eigenvalue weighted by atomic mass is 32.2. The Labute approximate surface area is 234 Å². The number of ether oxygens (including phenoxy) is 2. The lowest BCUT2D eigenvalue weighted by molar-refractivity contribution is -0.124. The molecule has 3 aromatic carbocycles. The molecule has 1 heterocycles. The van der Waals surface area contributed by atoms with Gasteiger partial charge in [0.2, 0.25) is 0 Å². The zero-order valence-electron chi connectivity index (χ0n) is 22.2. The summed E-state index contributed by atoms with van der Waals surface area (Å²) in [5.74, 6) is 1.55. The number of nitriles is 1. The van der Waals surface area contributed by atoms with E-state index in [9.17, 15) is 10.1 Å². The molecule has 1 aliphatic heterocycles. The van der Waals surface area contributed by atoms with E-state index in [1.54, 1.807) is 13.2 Å². The van der Waals surface area contributed by atoms with Gasteiger partial charge in [0, 0.05) is 11.6 Å². The fourth-order valence-electron chi connectivity index (χ4n) is 5.11. The number of hydrogen-bond donors (Lipinski definition) is 0. The number of thioether (sulfide) groups is 1. The van der Waals surface area contributed by atoms with Gasteiger partial charge in [-0.15, -0.1) is 0 Å². The van der Waals surface area contributed by atoms with Gasteiger partial charge in [-0.25, -0.2) is 4.99 Å². The minimum Gasteiger partial charge on any atom is -0.493 e. The fourth-order valence-corrected chi connectivity index (χ4v) is 6.15. The maximum absolute atomic E-state index is 13.8. The molecule has 0 spiro atoms. The third kappa shape index (κ3) is 6.02. The van der Waals surface area contributed by atoms with Gasteiger partial charge in [0.15, 0.2) is 16.7 Å². The second kappa shape index (κ2) is 12.2. The maximum atomic E-state index is 13.8. The first-order valence-electron chi connectivity index (χ1n) is 13.2. The molecule has 1 saturated carbocycles. The van der Waals surface area contributed by atoms with Crippen LogP contribution >= 0.6 is 11.8 Å². The molecule has 7 heteroatoms. The molecule has 0 radical (unpaired) electrons. The molecule has 0 N–H and O–H groups in total. The third-order valence-corrected chi connectivity index (χ3v) is 8.21. The Morgan fingerprint density at radius 1 is 1.05 bits per heavy atom. The number of carbonyl (C=O) groups excluding carboxylic acids is 1. The molecule has 1 saturated heterocycles. The number of amides is 1. The summed E-state index contributed by atoms with van der Waals surface area (Å²) >= 11 is 1.43. The van der Waals surface area contributed by atoms with Crippen LogP contribution in [0.4, 0.5) is 5.69 Å². The van der Waals surface area contributed by atoms with Crippen molar-refractivity contribution in [1.29, 1.82) is 5.26 Å². The predicted octanol–water partition coefficient (Wildman–Crippen LogP) is 7.33. The molecular weight excluding hydrogens is 506 g/mol. The number of amidine groups is 1. The SMILES string of the molecule is COc1cc(/C=C2\SC(=Nc3ccccc3)N([C@H]3CCCC[C@@H]3C)C2=O)ccc1OCc1ccccc1C#N. The van der Waals surface area contributed by atoms with E-state index >= 15 is 0 Å². The third-order valence-electron chi connectivity index (χ3n) is 7.22. The van der Waals surface area contributed by atoms with Crippen molar-refractivity contribution in [2.45, 2.75) is 45.3 Å². The van der Waals surface area contributed by atoms with Gasteiger partial charge in [0.1, 0.15) is 6.61 Å². The van der Waals surface area contributed by atoms with Crippen LogP contribution in [0.5, 0.6) is 11.5 Å². The zero-order chi connectivity index (χ0) is 27.2. The lowest BCUT2D eigenvalue weighted by Gasteiger charge is -2.35. The van der Waals surface area contributed by atoms with Crippen LogP contribution in [0.1, 0.15) is 49.3 Å². The van der Waals surface area contributed by atoms with Gasteiger partial charge in [-0.1, -0.05) is 62.2 Å². The molecule has 2 fully saturated rings. The van der Waals surface area contributed by atoms with Gasteiger partial charge in [-0.2, -0.15) is 5.26 Å². The first kappa shape index (κ1) is 26.6. The molecule has 1 aliphatic carbocycles. The normalized spacial score (nSPS) is 21.3. The molecule has 5 rings (SSSR count). The molecule has 2 atom stereocenters. The fraction of sp³-hybridized carbons (Fsp3) is 0.281. The summed E-state index contributed by atoms with van der Waals surface area (Å²) in [5.41, 5.74) is 3.07. The maximum Gasteiger partial charge on any atom is 0.267 e. The van der Waals surface area contributed by atoms with Crippen molar-refractivity contribution in [2.75, 3.05) is 7.11 Å². The van der Waals surface area contributed by atoms with Crippen molar-refractivity contribution >= 4 is 34.6 Å². The Kier molecular flexibility index (Phi) is 8.33. The minimum atomic E-state index is 0.000773. The molecule has 1 amide bonds. The molecule has 0 bridgehead atoms. The number of para-hydroxylation sites is 1. The van der Waals surface area contributed by atoms with Gasteiger partial charge in [-0.05, 0) is 72.5 Å². The van der Waals surface area contributed by atoms with Crippen LogP contribution in [-0.2, 0) is 11.4 Å². The highest BCUT2D eigenvalue weighted by Crippen LogP contribution is 2.40. The summed E-state index contributed by atoms with van der Waals surface area (Å²) in [6.07, 6.45) is 6.34. The average molecular weight is 538 g/mol. The van der Waals surface area contributed by atoms with Crippen LogP contribution in [0.15, 0.2) is 82.7 Å². The number of nitrogens with zero attached hydrogens (tertiary/aromatic N) is 3. The Morgan fingerprint density at radius 2 is 1.82 bits per heavy atom. The summed E-state index contributed by atoms with van der Waals surface area (Å²) in [5, 5.41) is 10.1. The van der Waals surface area contributed by atoms with Crippen LogP contribution in [-0.4, -0.2) is 29.1 Å². The van der Waals surface area contributed by atoms with E-state index in [1.807, 2.05) is 77.7 Å². The van der Waals surface area contributed by atoms with Crippen molar-refractivity contribution in [2.24, 2.45) is 10.9 Å². The largest absolute Gasteiger partial charge is 0.493 e. The van der Waals surface area contributed by atoms with Crippen LogP contribution in [0, 0.1) is 17.2 Å². The number of aliphatic imine (C=N–C) groups is 1. The van der Waals surface area contributed by atoms with Crippen LogP contribution < -0.4 is 9.47 Å². The second-order valence-electron chi connectivity index (χ2n) is 9.81. The van der Waals surface area contributed by atoms with E-state index in [2.05, 4.69) is 13.0 Å². The molecule has 2 aliphatic rings. The zero-order valence-corrected chi connectivity index (χ0v) is 23.0. The lowest BCUT2D eigenvalue weighted by atomic mass is 9.85. The number of benzene rings is 3. The Bertz CT molecular complexity index is 1440. The van der Waals surface area contributed by atoms with Gasteiger partial charge in [0.25, 0.3) is 5.91 Å². The van der Waals surface area contributed by atoms with Crippen molar-refractivity contribution in [3.63, 3.8) is 0 Å². The van der Waals surface area contributed by atoms with Gasteiger partial charge in [0.05, 0.1) is 29.3 Å². The molecule has 198 valence electrons. The van der Waals surface area contributed by atoms with Crippen LogP contribution in [0.2, 0.25) is 0 Å². The standard InChI is InChI=1S/C32H31N3O3S/c1-22-10-6-9-15-27(22)35-31(36)30(39-32(35)34-26-13-4-3-5-14-26)19-23-16-17-28(29(18-23)37-2)38-21-25-12-8-7-11-24(25)20-33/h3-5,7-8,11-14,16-19,22,27H,6,9-10,15,21H2,1-2H3/b30-19-,34-32?/t22-,27-/m0/s1. The monoisotopic (exact) mass is 537 g/mol. The van der Waals surface area contributed by atoms with E-state index in [4.69, 9.17) is 14.5 Å². The smallest absolute Gasteiger partial charge is 0.267 e. The van der Waals surface area contributed by atoms with E-state index in [1.165, 1.54) is 18.2 Å². The summed E-state index contributed by atoms with van der Waals surface area (Å²) in [6.45, 7) is 2.49. The number of methoxy groups -OCH3 is 1. The molecule has 6 nitrogen and oxygen atoms in total. The minimum absolute atomic E-state index is 0.000773. The molecule has 0 unspecified atom stereocenters. The Hall–Kier alpha value is -4.02. The van der Waals surface area contributed by atoms with Crippen molar-refractivity contribution in [3.8, 4) is 17.6 Å². The van der Waals surface area contributed by atoms with Crippen molar-refractivity contribution in [1.82, 2.24) is 4.90 Å². The molecular formula is C32H31N3O3S. The van der Waals surface area contributed by atoms with E-state index in [-0.39, 0.29) is 18.6 Å². The lowest BCUT2D eigenvalue weighted by Crippen LogP contribution is -2.44. The van der Waals surface area contributed by atoms with Gasteiger partial charge in [-0.3, -0.25) is 9.69 Å². The second-order valence-corrected chi connectivity index (χ2v) is 10.8. The first-order chi connectivity index (χ1) is 19.1. The number of carbonyl (C=O) groups is 1. The summed E-state index contributed by atoms with van der Waals surface area (Å²) < 4.78 is 11.6. The summed E-state index contributed by atoms with van der Waals surface area (Å²) in [4.78, 5) is 21.2. The highest BCUT2D eigenvalue weighted by Gasteiger charge is 2.41. The topological polar surface area (TPSA) is 74.9 Å². The van der Waals surface area contributed by atoms with Crippen molar-refractivity contribution < 1.29 is 14.3 Å². The molecule has 39 heavy (non-hydrogen) atoms. The Balaban J connectivity index is 1.41. The molecule has 3 aromatic rings. The van der Waals surface area contributed by atoms with Crippen molar-refractivity contribution in [3.05, 3.63) is 94.4 Å².